The van der Waals surface area contributed by atoms with Crippen LogP contribution in [-0.4, -0.2) is 106 Å². The first kappa shape index (κ1) is 53.5. The minimum Gasteiger partial charge on any atom is -0.453 e. The maximum atomic E-state index is 13.6. The number of nitrogens with one attached hydrogen (secondary N) is 4. The number of alkyl carbamates (subject to hydrolysis) is 2. The van der Waals surface area contributed by atoms with Crippen LogP contribution in [0.15, 0.2) is 48.7 Å². The number of rotatable bonds is 10. The number of aromatic amines is 2. The van der Waals surface area contributed by atoms with E-state index in [0.29, 0.717) is 24.7 Å². The average Bonchev–Trinajstić information content (AvgIpc) is 4.03. The summed E-state index contributed by atoms with van der Waals surface area (Å²) in [5.74, 6) is 7.34. The topological polar surface area (TPSA) is 184 Å². The minimum atomic E-state index is -0.905. The summed E-state index contributed by atoms with van der Waals surface area (Å²) in [7, 11) is 4.03. The summed E-state index contributed by atoms with van der Waals surface area (Å²) in [6, 6.07) is 11.5. The van der Waals surface area contributed by atoms with Crippen LogP contribution in [0.1, 0.15) is 88.7 Å². The SMILES string of the molecule is C.COC(=O)N[C@H](C(=O)N1CCC[C@H]1c1ncc(-c2ccc(C#Cc3ccc4nc([C@@H]5CCCN5C(=O)[C@@H](NC(=O)OC)[C@@H](C)OC)[nH]c4c3)cc2)[nH]1)C(C)C.S.S.S.S. The standard InChI is InChI=1S/C40H48N8O7.CH4.4H2S/c1-23(2)33(45-39(51)54-5)37(49)47-19-7-9-31(47)35-41-22-30(44-35)27-16-13-25(14-17-27)11-12-26-15-18-28-29(21-26)43-36(42-28)32-10-8-20-48(32)38(50)34(24(3)53-4)46-40(52)55-6;;;;;/h13-18,21-24,31-34H,7-10,19-20H2,1-6H3,(H,41,44)(H,42,43)(H,45,51)(H,46,52);1H4;4*1H2/t24-,31+,32+,33+,34+;;;;;/m1...../s1. The predicted octanol–water partition coefficient (Wildman–Crippen LogP) is 5.91. The summed E-state index contributed by atoms with van der Waals surface area (Å²) >= 11 is 0. The number of imidazole rings is 2. The van der Waals surface area contributed by atoms with Crippen molar-refractivity contribution in [2.24, 2.45) is 5.92 Å². The fourth-order valence-electron chi connectivity index (χ4n) is 7.18. The molecule has 4 amide bonds. The third-order valence-electron chi connectivity index (χ3n) is 10.3. The molecule has 0 saturated carbocycles. The number of hydrogen-bond acceptors (Lipinski definition) is 9. The number of ether oxygens (including phenoxy) is 3. The lowest BCUT2D eigenvalue weighted by atomic mass is 10.0. The Morgan fingerprint density at radius 1 is 0.750 bits per heavy atom. The monoisotopic (exact) mass is 904 g/mol. The number of hydrogen-bond donors (Lipinski definition) is 4. The van der Waals surface area contributed by atoms with E-state index < -0.39 is 30.4 Å². The Bertz CT molecular complexity index is 2100. The number of carbonyl (C=O) groups is 4. The molecule has 2 fully saturated rings. The second kappa shape index (κ2) is 24.1. The predicted molar refractivity (Wildman–Crippen MR) is 252 cm³/mol. The van der Waals surface area contributed by atoms with Gasteiger partial charge < -0.3 is 44.6 Å². The molecule has 60 heavy (non-hydrogen) atoms. The maximum absolute atomic E-state index is 13.6. The van der Waals surface area contributed by atoms with Crippen LogP contribution < -0.4 is 10.6 Å². The quantitative estimate of drug-likeness (QED) is 0.141. The van der Waals surface area contributed by atoms with Crippen LogP contribution in [0.2, 0.25) is 0 Å². The highest BCUT2D eigenvalue weighted by molar-refractivity contribution is 7.59. The summed E-state index contributed by atoms with van der Waals surface area (Å²) in [5.41, 5.74) is 4.97. The van der Waals surface area contributed by atoms with Crippen LogP contribution >= 0.6 is 54.0 Å². The molecule has 0 unspecified atom stereocenters. The van der Waals surface area contributed by atoms with Crippen molar-refractivity contribution in [1.29, 1.82) is 0 Å². The molecule has 2 aromatic carbocycles. The highest BCUT2D eigenvalue weighted by Gasteiger charge is 2.39. The van der Waals surface area contributed by atoms with Crippen LogP contribution in [-0.2, 0) is 23.8 Å². The molecule has 5 atom stereocenters. The van der Waals surface area contributed by atoms with E-state index in [4.69, 9.17) is 19.2 Å². The van der Waals surface area contributed by atoms with Gasteiger partial charge >= 0.3 is 12.2 Å². The summed E-state index contributed by atoms with van der Waals surface area (Å²) < 4.78 is 14.9. The van der Waals surface area contributed by atoms with Crippen LogP contribution in [0.3, 0.4) is 0 Å². The molecule has 2 aliphatic rings. The zero-order chi connectivity index (χ0) is 39.2. The van der Waals surface area contributed by atoms with Gasteiger partial charge in [-0.1, -0.05) is 45.2 Å². The van der Waals surface area contributed by atoms with Gasteiger partial charge in [-0.2, -0.15) is 54.0 Å². The lowest BCUT2D eigenvalue weighted by molar-refractivity contribution is -0.137. The van der Waals surface area contributed by atoms with Gasteiger partial charge in [0.05, 0.1) is 55.3 Å². The molecule has 0 spiro atoms. The molecule has 0 aliphatic carbocycles. The molecule has 2 aromatic heterocycles. The molecule has 330 valence electrons. The second-order valence-corrected chi connectivity index (χ2v) is 14.2. The average molecular weight is 905 g/mol. The fraction of sp³-hybridized carbons (Fsp3) is 0.463. The highest BCUT2D eigenvalue weighted by Crippen LogP contribution is 2.34. The van der Waals surface area contributed by atoms with Gasteiger partial charge in [0.1, 0.15) is 23.7 Å². The van der Waals surface area contributed by atoms with E-state index in [-0.39, 0.29) is 91.2 Å². The van der Waals surface area contributed by atoms with E-state index in [9.17, 15) is 19.2 Å². The molecule has 0 bridgehead atoms. The number of methoxy groups -OCH3 is 3. The van der Waals surface area contributed by atoms with Gasteiger partial charge in [-0.3, -0.25) is 9.59 Å². The van der Waals surface area contributed by atoms with Crippen molar-refractivity contribution in [3.8, 4) is 23.1 Å². The first-order chi connectivity index (χ1) is 26.5. The number of likely N-dealkylation sites (tertiary alicyclic amines) is 2. The van der Waals surface area contributed by atoms with Gasteiger partial charge in [-0.25, -0.2) is 19.6 Å². The van der Waals surface area contributed by atoms with Crippen LogP contribution in [0, 0.1) is 17.8 Å². The van der Waals surface area contributed by atoms with Crippen molar-refractivity contribution < 1.29 is 33.4 Å². The van der Waals surface area contributed by atoms with Crippen molar-refractivity contribution in [3.63, 3.8) is 0 Å². The van der Waals surface area contributed by atoms with Gasteiger partial charge in [0, 0.05) is 31.3 Å². The van der Waals surface area contributed by atoms with E-state index >= 15 is 0 Å². The normalized spacial score (nSPS) is 16.9. The van der Waals surface area contributed by atoms with Gasteiger partial charge in [0.25, 0.3) is 0 Å². The van der Waals surface area contributed by atoms with Crippen molar-refractivity contribution >= 4 is 89.0 Å². The fourth-order valence-corrected chi connectivity index (χ4v) is 7.18. The molecule has 0 radical (unpaired) electrons. The molecule has 6 rings (SSSR count). The number of fused-ring (bicyclic) bond motifs is 1. The van der Waals surface area contributed by atoms with Crippen molar-refractivity contribution in [2.45, 2.75) is 84.2 Å². The molecule has 4 heterocycles. The molecule has 2 aliphatic heterocycles. The third kappa shape index (κ3) is 12.1. The Labute approximate surface area is 380 Å². The number of carbonyl (C=O) groups excluding carboxylic acids is 4. The largest absolute Gasteiger partial charge is 0.453 e. The smallest absolute Gasteiger partial charge is 0.407 e. The van der Waals surface area contributed by atoms with E-state index in [1.165, 1.54) is 21.3 Å². The van der Waals surface area contributed by atoms with Crippen molar-refractivity contribution in [3.05, 3.63) is 71.4 Å². The number of aromatic nitrogens is 4. The highest BCUT2D eigenvalue weighted by atomic mass is 32.1. The van der Waals surface area contributed by atoms with E-state index in [1.807, 2.05) is 56.3 Å². The van der Waals surface area contributed by atoms with E-state index in [2.05, 4.69) is 37.4 Å². The lowest BCUT2D eigenvalue weighted by Crippen LogP contribution is -2.54. The van der Waals surface area contributed by atoms with E-state index in [1.54, 1.807) is 22.9 Å². The summed E-state index contributed by atoms with van der Waals surface area (Å²) in [6.07, 6.45) is 3.02. The number of nitrogens with zero attached hydrogens (tertiary/aromatic N) is 4. The molecule has 15 nitrogen and oxygen atoms in total. The Morgan fingerprint density at radius 3 is 1.85 bits per heavy atom. The van der Waals surface area contributed by atoms with Gasteiger partial charge in [-0.15, -0.1) is 0 Å². The van der Waals surface area contributed by atoms with Crippen molar-refractivity contribution in [1.82, 2.24) is 40.4 Å². The van der Waals surface area contributed by atoms with Gasteiger partial charge in [0.2, 0.25) is 11.8 Å². The molecular weight excluding hydrogens is 845 g/mol. The van der Waals surface area contributed by atoms with Gasteiger partial charge in [-0.05, 0) is 74.4 Å². The molecule has 4 aromatic rings. The lowest BCUT2D eigenvalue weighted by Gasteiger charge is -2.30. The summed E-state index contributed by atoms with van der Waals surface area (Å²) in [5, 5.41) is 5.30. The number of benzene rings is 2. The van der Waals surface area contributed by atoms with Crippen LogP contribution in [0.25, 0.3) is 22.3 Å². The zero-order valence-corrected chi connectivity index (χ0v) is 38.0. The van der Waals surface area contributed by atoms with E-state index in [0.717, 1.165) is 59.1 Å². The third-order valence-corrected chi connectivity index (χ3v) is 10.3. The molecule has 4 N–H and O–H groups in total. The molecular formula is C41H60N8O7S4. The van der Waals surface area contributed by atoms with Crippen molar-refractivity contribution in [2.75, 3.05) is 34.4 Å². The first-order valence-electron chi connectivity index (χ1n) is 18.5. The number of H-pyrrole nitrogens is 2. The Balaban J connectivity index is 0.00000360. The Hall–Kier alpha value is -4.48. The van der Waals surface area contributed by atoms with Crippen LogP contribution in [0.4, 0.5) is 9.59 Å². The van der Waals surface area contributed by atoms with Crippen LogP contribution in [0.5, 0.6) is 0 Å². The summed E-state index contributed by atoms with van der Waals surface area (Å²) in [6.45, 7) is 6.63. The Kier molecular flexibility index (Phi) is 21.5. The minimum absolute atomic E-state index is 0. The maximum Gasteiger partial charge on any atom is 0.407 e. The summed E-state index contributed by atoms with van der Waals surface area (Å²) in [4.78, 5) is 70.8. The molecule has 2 saturated heterocycles. The van der Waals surface area contributed by atoms with Gasteiger partial charge in [0.15, 0.2) is 0 Å². The number of amides is 4. The Morgan fingerprint density at radius 2 is 1.28 bits per heavy atom. The second-order valence-electron chi connectivity index (χ2n) is 14.2. The first-order valence-corrected chi connectivity index (χ1v) is 18.5. The molecule has 19 heteroatoms. The zero-order valence-electron chi connectivity index (χ0n) is 34.0.